The zero-order valence-corrected chi connectivity index (χ0v) is 11.8. The number of nitrogens with two attached hydrogens (primary N) is 1. The Morgan fingerprint density at radius 3 is 2.52 bits per heavy atom. The Bertz CT molecular complexity index is 762. The number of nitrogens with one attached hydrogen (secondary N) is 1. The van der Waals surface area contributed by atoms with E-state index in [1.54, 1.807) is 0 Å². The molecule has 0 fully saturated rings. The van der Waals surface area contributed by atoms with Gasteiger partial charge in [-0.1, -0.05) is 0 Å². The quantitative estimate of drug-likeness (QED) is 0.627. The van der Waals surface area contributed by atoms with Crippen molar-refractivity contribution in [2.24, 2.45) is 0 Å². The summed E-state index contributed by atoms with van der Waals surface area (Å²) in [5, 5.41) is 0. The first kappa shape index (κ1) is 14.7. The zero-order valence-electron chi connectivity index (χ0n) is 11.0. The van der Waals surface area contributed by atoms with Gasteiger partial charge >= 0.3 is 5.97 Å². The molecule has 0 saturated heterocycles. The summed E-state index contributed by atoms with van der Waals surface area (Å²) in [7, 11) is -2.68. The van der Waals surface area contributed by atoms with E-state index in [-0.39, 0.29) is 21.8 Å². The Kier molecular flexibility index (Phi) is 4.03. The third kappa shape index (κ3) is 3.26. The van der Waals surface area contributed by atoms with Crippen LogP contribution in [0.2, 0.25) is 0 Å². The molecule has 8 nitrogen and oxygen atoms in total. The van der Waals surface area contributed by atoms with Crippen LogP contribution in [0.5, 0.6) is 0 Å². The van der Waals surface area contributed by atoms with Crippen molar-refractivity contribution in [2.75, 3.05) is 17.6 Å². The minimum atomic E-state index is -3.90. The van der Waals surface area contributed by atoms with Crippen molar-refractivity contribution in [3.8, 4) is 0 Å². The molecule has 9 heteroatoms. The summed E-state index contributed by atoms with van der Waals surface area (Å²) in [6, 6.07) is 3.79. The second-order valence-corrected chi connectivity index (χ2v) is 5.63. The molecule has 0 aliphatic rings. The van der Waals surface area contributed by atoms with Gasteiger partial charge in [0.2, 0.25) is 0 Å². The number of methoxy groups -OCH3 is 1. The van der Waals surface area contributed by atoms with Crippen molar-refractivity contribution in [3.05, 3.63) is 42.5 Å². The molecule has 1 heterocycles. The molecule has 0 amide bonds. The maximum absolute atomic E-state index is 12.2. The fourth-order valence-corrected chi connectivity index (χ4v) is 2.74. The Hall–Kier alpha value is -2.68. The van der Waals surface area contributed by atoms with Crippen LogP contribution < -0.4 is 10.5 Å². The van der Waals surface area contributed by atoms with Gasteiger partial charge in [-0.25, -0.2) is 23.2 Å². The van der Waals surface area contributed by atoms with Crippen LogP contribution in [-0.4, -0.2) is 31.5 Å². The van der Waals surface area contributed by atoms with Crippen LogP contribution in [0.25, 0.3) is 0 Å². The molecule has 1 aromatic heterocycles. The molecule has 110 valence electrons. The minimum Gasteiger partial charge on any atom is -0.465 e. The molecular formula is C12H12N4O4S. The van der Waals surface area contributed by atoms with Gasteiger partial charge in [0.05, 0.1) is 36.4 Å². The number of nitrogens with zero attached hydrogens (tertiary/aromatic N) is 2. The van der Waals surface area contributed by atoms with Crippen LogP contribution in [-0.2, 0) is 14.8 Å². The SMILES string of the molecule is COC(=O)c1ccc(S(=O)(=O)Nc2cncnc2)c(N)c1. The molecule has 0 bridgehead atoms. The number of anilines is 2. The Morgan fingerprint density at radius 2 is 1.95 bits per heavy atom. The lowest BCUT2D eigenvalue weighted by molar-refractivity contribution is 0.0600. The number of esters is 1. The Balaban J connectivity index is 2.35. The largest absolute Gasteiger partial charge is 0.465 e. The van der Waals surface area contributed by atoms with Crippen molar-refractivity contribution < 1.29 is 17.9 Å². The van der Waals surface area contributed by atoms with Crippen molar-refractivity contribution in [1.29, 1.82) is 0 Å². The number of nitrogen functional groups attached to an aromatic ring is 1. The Morgan fingerprint density at radius 1 is 1.29 bits per heavy atom. The maximum atomic E-state index is 12.2. The summed E-state index contributed by atoms with van der Waals surface area (Å²) >= 11 is 0. The summed E-state index contributed by atoms with van der Waals surface area (Å²) < 4.78 is 31.2. The fraction of sp³-hybridized carbons (Fsp3) is 0.0833. The first-order valence-corrected chi connectivity index (χ1v) is 7.18. The Labute approximate surface area is 121 Å². The van der Waals surface area contributed by atoms with Gasteiger partial charge < -0.3 is 10.5 Å². The third-order valence-corrected chi connectivity index (χ3v) is 3.99. The standard InChI is InChI=1S/C12H12N4O4S/c1-20-12(17)8-2-3-11(10(13)4-8)21(18,19)16-9-5-14-7-15-6-9/h2-7,16H,13H2,1H3. The number of carbonyl (C=O) groups is 1. The van der Waals surface area contributed by atoms with E-state index in [0.717, 1.165) is 0 Å². The van der Waals surface area contributed by atoms with Gasteiger partial charge in [-0.3, -0.25) is 4.72 Å². The van der Waals surface area contributed by atoms with Gasteiger partial charge in [0.25, 0.3) is 10.0 Å². The van der Waals surface area contributed by atoms with E-state index >= 15 is 0 Å². The summed E-state index contributed by atoms with van der Waals surface area (Å²) in [6.45, 7) is 0. The van der Waals surface area contributed by atoms with Crippen LogP contribution in [0.1, 0.15) is 10.4 Å². The van der Waals surface area contributed by atoms with Crippen LogP contribution in [0.3, 0.4) is 0 Å². The zero-order chi connectivity index (χ0) is 15.5. The molecule has 21 heavy (non-hydrogen) atoms. The molecule has 0 saturated carbocycles. The van der Waals surface area contributed by atoms with E-state index in [2.05, 4.69) is 19.4 Å². The number of hydrogen-bond acceptors (Lipinski definition) is 7. The number of hydrogen-bond donors (Lipinski definition) is 2. The highest BCUT2D eigenvalue weighted by molar-refractivity contribution is 7.92. The number of rotatable bonds is 4. The predicted molar refractivity (Wildman–Crippen MR) is 75.0 cm³/mol. The van der Waals surface area contributed by atoms with Crippen molar-refractivity contribution in [3.63, 3.8) is 0 Å². The lowest BCUT2D eigenvalue weighted by Gasteiger charge is -2.10. The van der Waals surface area contributed by atoms with Gasteiger partial charge in [0, 0.05) is 0 Å². The molecular weight excluding hydrogens is 296 g/mol. The third-order valence-electron chi connectivity index (χ3n) is 2.53. The van der Waals surface area contributed by atoms with E-state index in [4.69, 9.17) is 5.73 Å². The second kappa shape index (κ2) is 5.75. The molecule has 0 radical (unpaired) electrons. The molecule has 2 aromatic rings. The molecule has 0 atom stereocenters. The van der Waals surface area contributed by atoms with E-state index in [1.807, 2.05) is 0 Å². The number of carbonyl (C=O) groups excluding carboxylic acids is 1. The monoisotopic (exact) mass is 308 g/mol. The summed E-state index contributed by atoms with van der Waals surface area (Å²) in [4.78, 5) is 18.6. The molecule has 0 aliphatic carbocycles. The first-order chi connectivity index (χ1) is 9.94. The van der Waals surface area contributed by atoms with Gasteiger partial charge in [-0.2, -0.15) is 0 Å². The lowest BCUT2D eigenvalue weighted by atomic mass is 10.2. The number of aromatic nitrogens is 2. The van der Waals surface area contributed by atoms with Gasteiger partial charge in [0.15, 0.2) is 0 Å². The normalized spacial score (nSPS) is 10.9. The average Bonchev–Trinajstić information content (AvgIpc) is 2.46. The number of benzene rings is 1. The fourth-order valence-electron chi connectivity index (χ4n) is 1.60. The summed E-state index contributed by atoms with van der Waals surface area (Å²) in [5.74, 6) is -0.602. The van der Waals surface area contributed by atoms with E-state index < -0.39 is 16.0 Å². The molecule has 0 spiro atoms. The van der Waals surface area contributed by atoms with E-state index in [0.29, 0.717) is 0 Å². The highest BCUT2D eigenvalue weighted by Crippen LogP contribution is 2.22. The topological polar surface area (TPSA) is 124 Å². The lowest BCUT2D eigenvalue weighted by Crippen LogP contribution is -2.15. The summed E-state index contributed by atoms with van der Waals surface area (Å²) in [5.41, 5.74) is 5.99. The maximum Gasteiger partial charge on any atom is 0.337 e. The van der Waals surface area contributed by atoms with Crippen molar-refractivity contribution in [2.45, 2.75) is 4.90 Å². The molecule has 0 unspecified atom stereocenters. The van der Waals surface area contributed by atoms with Crippen LogP contribution >= 0.6 is 0 Å². The van der Waals surface area contributed by atoms with Crippen LogP contribution in [0, 0.1) is 0 Å². The highest BCUT2D eigenvalue weighted by Gasteiger charge is 2.19. The predicted octanol–water partition coefficient (Wildman–Crippen LogP) is 0.646. The van der Waals surface area contributed by atoms with Crippen molar-refractivity contribution >= 4 is 27.4 Å². The van der Waals surface area contributed by atoms with Crippen LogP contribution in [0.4, 0.5) is 11.4 Å². The molecule has 3 N–H and O–H groups in total. The molecule has 1 aromatic carbocycles. The van der Waals surface area contributed by atoms with Crippen molar-refractivity contribution in [1.82, 2.24) is 9.97 Å². The number of ether oxygens (including phenoxy) is 1. The van der Waals surface area contributed by atoms with Gasteiger partial charge in [-0.15, -0.1) is 0 Å². The molecule has 0 aliphatic heterocycles. The minimum absolute atomic E-state index is 0.0674. The average molecular weight is 308 g/mol. The first-order valence-electron chi connectivity index (χ1n) is 5.69. The van der Waals surface area contributed by atoms with Gasteiger partial charge in [0.1, 0.15) is 11.2 Å². The second-order valence-electron chi connectivity index (χ2n) is 3.98. The van der Waals surface area contributed by atoms with E-state index in [1.165, 1.54) is 44.0 Å². The number of sulfonamides is 1. The smallest absolute Gasteiger partial charge is 0.337 e. The summed E-state index contributed by atoms with van der Waals surface area (Å²) in [6.07, 6.45) is 3.89. The van der Waals surface area contributed by atoms with Gasteiger partial charge in [-0.05, 0) is 18.2 Å². The molecule has 2 rings (SSSR count). The van der Waals surface area contributed by atoms with Crippen LogP contribution in [0.15, 0.2) is 41.8 Å². The highest BCUT2D eigenvalue weighted by atomic mass is 32.2. The van der Waals surface area contributed by atoms with E-state index in [9.17, 15) is 13.2 Å².